The molecule has 0 fully saturated rings. The van der Waals surface area contributed by atoms with Crippen LogP contribution in [-0.4, -0.2) is 48.9 Å². The van der Waals surface area contributed by atoms with Crippen LogP contribution in [0.1, 0.15) is 40.5 Å². The first-order valence-corrected chi connectivity index (χ1v) is 7.75. The maximum Gasteiger partial charge on any atom is 0.378 e. The van der Waals surface area contributed by atoms with E-state index in [4.69, 9.17) is 14.2 Å². The Morgan fingerprint density at radius 1 is 1.42 bits per heavy atom. The number of carbonyl (C=O) groups excluding carboxylic acids is 3. The van der Waals surface area contributed by atoms with Crippen molar-refractivity contribution >= 4 is 18.4 Å². The molecular weight excluding hydrogens is 320 g/mol. The van der Waals surface area contributed by atoms with Gasteiger partial charge in [-0.05, 0) is 27.2 Å². The van der Waals surface area contributed by atoms with Crippen LogP contribution >= 0.6 is 0 Å². The van der Waals surface area contributed by atoms with Crippen molar-refractivity contribution in [3.63, 3.8) is 0 Å². The fourth-order valence-electron chi connectivity index (χ4n) is 1.74. The van der Waals surface area contributed by atoms with Crippen LogP contribution in [0, 0.1) is 5.41 Å². The van der Waals surface area contributed by atoms with Gasteiger partial charge in [0.2, 0.25) is 0 Å². The molecule has 2 atom stereocenters. The number of hydrogen-bond acceptors (Lipinski definition) is 8. The van der Waals surface area contributed by atoms with E-state index in [0.717, 1.165) is 6.42 Å². The highest BCUT2D eigenvalue weighted by atomic mass is 16.6. The number of unbranched alkanes of at least 4 members (excludes halogenated alkanes) is 1. The van der Waals surface area contributed by atoms with E-state index in [-0.39, 0.29) is 31.2 Å². The Balaban J connectivity index is 3.02. The summed E-state index contributed by atoms with van der Waals surface area (Å²) in [6.07, 6.45) is -0.981. The molecule has 0 aromatic carbocycles. The number of ether oxygens (including phenoxy) is 4. The zero-order valence-electron chi connectivity index (χ0n) is 14.4. The molecule has 136 valence electrons. The predicted octanol–water partition coefficient (Wildman–Crippen LogP) is 1.06. The average molecular weight is 344 g/mol. The van der Waals surface area contributed by atoms with Gasteiger partial charge in [0.1, 0.15) is 12.7 Å². The topological polar surface area (TPSA) is 108 Å². The lowest BCUT2D eigenvalue weighted by molar-refractivity contribution is -0.157. The number of aliphatic hydroxyl groups is 1. The molecule has 0 saturated heterocycles. The fourth-order valence-corrected chi connectivity index (χ4v) is 1.74. The van der Waals surface area contributed by atoms with Gasteiger partial charge in [0.05, 0.1) is 12.0 Å². The Morgan fingerprint density at radius 2 is 2.08 bits per heavy atom. The summed E-state index contributed by atoms with van der Waals surface area (Å²) >= 11 is 0. The Labute approximate surface area is 140 Å². The summed E-state index contributed by atoms with van der Waals surface area (Å²) in [5.41, 5.74) is -0.834. The van der Waals surface area contributed by atoms with Crippen molar-refractivity contribution in [1.82, 2.24) is 0 Å². The second kappa shape index (κ2) is 8.68. The van der Waals surface area contributed by atoms with Crippen LogP contribution in [-0.2, 0) is 33.3 Å². The van der Waals surface area contributed by atoms with Crippen molar-refractivity contribution in [3.05, 3.63) is 11.5 Å². The molecule has 0 aliphatic carbocycles. The van der Waals surface area contributed by atoms with Gasteiger partial charge in [-0.2, -0.15) is 0 Å². The number of carbonyl (C=O) groups is 3. The molecule has 1 rings (SSSR count). The van der Waals surface area contributed by atoms with Gasteiger partial charge in [-0.25, -0.2) is 4.79 Å². The molecule has 0 radical (unpaired) electrons. The van der Waals surface area contributed by atoms with Gasteiger partial charge in [-0.1, -0.05) is 13.3 Å². The third-order valence-electron chi connectivity index (χ3n) is 3.15. The minimum Gasteiger partial charge on any atom is -0.490 e. The van der Waals surface area contributed by atoms with Crippen molar-refractivity contribution in [1.29, 1.82) is 0 Å². The molecule has 0 aromatic heterocycles. The average Bonchev–Trinajstić information content (AvgIpc) is 2.81. The van der Waals surface area contributed by atoms with Crippen LogP contribution in [0.2, 0.25) is 0 Å². The van der Waals surface area contributed by atoms with Gasteiger partial charge in [-0.15, -0.1) is 0 Å². The molecule has 8 heteroatoms. The molecule has 0 bridgehead atoms. The van der Waals surface area contributed by atoms with E-state index in [9.17, 15) is 19.5 Å². The predicted molar refractivity (Wildman–Crippen MR) is 81.3 cm³/mol. The van der Waals surface area contributed by atoms with Crippen LogP contribution in [0.25, 0.3) is 0 Å². The first-order valence-electron chi connectivity index (χ1n) is 7.75. The normalized spacial score (nSPS) is 18.9. The number of aliphatic hydroxyl groups excluding tert-OH is 1. The van der Waals surface area contributed by atoms with E-state index in [2.05, 4.69) is 4.74 Å². The molecule has 1 N–H and O–H groups in total. The monoisotopic (exact) mass is 344 g/mol. The highest BCUT2D eigenvalue weighted by molar-refractivity contribution is 5.93. The summed E-state index contributed by atoms with van der Waals surface area (Å²) in [4.78, 5) is 34.3. The van der Waals surface area contributed by atoms with Crippen LogP contribution in [0.15, 0.2) is 11.5 Å². The quantitative estimate of drug-likeness (QED) is 0.286. The van der Waals surface area contributed by atoms with Crippen molar-refractivity contribution in [2.45, 2.75) is 52.7 Å². The third-order valence-corrected chi connectivity index (χ3v) is 3.15. The van der Waals surface area contributed by atoms with Gasteiger partial charge in [0.25, 0.3) is 12.2 Å². The largest absolute Gasteiger partial charge is 0.490 e. The van der Waals surface area contributed by atoms with Crippen LogP contribution in [0.4, 0.5) is 0 Å². The summed E-state index contributed by atoms with van der Waals surface area (Å²) in [7, 11) is 0. The smallest absolute Gasteiger partial charge is 0.378 e. The lowest BCUT2D eigenvalue weighted by atomic mass is 9.97. The molecule has 8 nitrogen and oxygen atoms in total. The van der Waals surface area contributed by atoms with Crippen molar-refractivity contribution in [2.24, 2.45) is 5.41 Å². The molecule has 0 saturated carbocycles. The molecule has 0 unspecified atom stereocenters. The summed E-state index contributed by atoms with van der Waals surface area (Å²) < 4.78 is 20.2. The third kappa shape index (κ3) is 5.23. The standard InChI is InChI=1S/C16H24O8/c1-5-6-7-22-12-11(10(18)8-21-9-17)23-14(19)13(12)24-15(20)16(2,3)4/h9-11,18H,5-8H2,1-4H3/t10-,11+/m0/s1. The molecule has 0 spiro atoms. The zero-order valence-corrected chi connectivity index (χ0v) is 14.4. The highest BCUT2D eigenvalue weighted by Gasteiger charge is 2.44. The van der Waals surface area contributed by atoms with E-state index in [1.165, 1.54) is 0 Å². The van der Waals surface area contributed by atoms with E-state index in [1.807, 2.05) is 6.92 Å². The van der Waals surface area contributed by atoms with Crippen molar-refractivity contribution in [2.75, 3.05) is 13.2 Å². The highest BCUT2D eigenvalue weighted by Crippen LogP contribution is 2.29. The van der Waals surface area contributed by atoms with E-state index in [0.29, 0.717) is 6.42 Å². The number of esters is 2. The summed E-state index contributed by atoms with van der Waals surface area (Å²) in [6, 6.07) is 0. The molecular formula is C16H24O8. The molecule has 24 heavy (non-hydrogen) atoms. The summed E-state index contributed by atoms with van der Waals surface area (Å²) in [5, 5.41) is 10.0. The van der Waals surface area contributed by atoms with Gasteiger partial charge < -0.3 is 24.1 Å². The maximum atomic E-state index is 12.0. The molecule has 0 aromatic rings. The van der Waals surface area contributed by atoms with Crippen molar-refractivity contribution in [3.8, 4) is 0 Å². The fraction of sp³-hybridized carbons (Fsp3) is 0.688. The van der Waals surface area contributed by atoms with E-state index < -0.39 is 29.6 Å². The Morgan fingerprint density at radius 3 is 2.62 bits per heavy atom. The molecule has 1 heterocycles. The van der Waals surface area contributed by atoms with Crippen molar-refractivity contribution < 1.29 is 38.4 Å². The van der Waals surface area contributed by atoms with E-state index in [1.54, 1.807) is 20.8 Å². The summed E-state index contributed by atoms with van der Waals surface area (Å²) in [6.45, 7) is 6.91. The maximum absolute atomic E-state index is 12.0. The molecule has 1 aliphatic heterocycles. The number of hydrogen-bond donors (Lipinski definition) is 1. The van der Waals surface area contributed by atoms with Gasteiger partial charge >= 0.3 is 11.9 Å². The molecule has 0 amide bonds. The minimum absolute atomic E-state index is 0.0620. The van der Waals surface area contributed by atoms with Gasteiger partial charge in [0.15, 0.2) is 11.9 Å². The Bertz CT molecular complexity index is 503. The van der Waals surface area contributed by atoms with Crippen LogP contribution in [0.3, 0.4) is 0 Å². The van der Waals surface area contributed by atoms with Crippen LogP contribution < -0.4 is 0 Å². The minimum atomic E-state index is -1.33. The molecule has 1 aliphatic rings. The number of rotatable bonds is 9. The SMILES string of the molecule is CCCCOC1=C(OC(=O)C(C)(C)C)C(=O)O[C@@H]1[C@@H](O)COC=O. The summed E-state index contributed by atoms with van der Waals surface area (Å²) in [5.74, 6) is -1.98. The second-order valence-corrected chi connectivity index (χ2v) is 6.36. The Kier molecular flexibility index (Phi) is 7.21. The first-order chi connectivity index (χ1) is 11.2. The van der Waals surface area contributed by atoms with Gasteiger partial charge in [0, 0.05) is 0 Å². The number of cyclic esters (lactones) is 1. The zero-order chi connectivity index (χ0) is 18.3. The lowest BCUT2D eigenvalue weighted by Crippen LogP contribution is -2.33. The lowest BCUT2D eigenvalue weighted by Gasteiger charge is -2.19. The first kappa shape index (κ1) is 20.0. The second-order valence-electron chi connectivity index (χ2n) is 6.36. The van der Waals surface area contributed by atoms with Gasteiger partial charge in [-0.3, -0.25) is 9.59 Å². The Hall–Kier alpha value is -2.09. The van der Waals surface area contributed by atoms with Crippen LogP contribution in [0.5, 0.6) is 0 Å². The van der Waals surface area contributed by atoms with E-state index >= 15 is 0 Å².